The van der Waals surface area contributed by atoms with Crippen LogP contribution in [0, 0.1) is 13.8 Å². The summed E-state index contributed by atoms with van der Waals surface area (Å²) in [5, 5.41) is 2.04. The number of aromatic nitrogens is 1. The van der Waals surface area contributed by atoms with Crippen LogP contribution < -0.4 is 9.80 Å². The van der Waals surface area contributed by atoms with E-state index in [9.17, 15) is 4.79 Å². The van der Waals surface area contributed by atoms with Gasteiger partial charge in [-0.25, -0.2) is 4.98 Å². The monoisotopic (exact) mass is 420 g/mol. The van der Waals surface area contributed by atoms with E-state index in [0.29, 0.717) is 18.7 Å². The van der Waals surface area contributed by atoms with Crippen molar-refractivity contribution >= 4 is 28.7 Å². The average molecular weight is 421 g/mol. The minimum atomic E-state index is 0.0595. The SMILES string of the molecule is Cc1ccc(N2CCN(C(=O)c3ccc(-c4cccs4)nc3N(C)C)CC2)c(C)c1. The maximum Gasteiger partial charge on any atom is 0.257 e. The van der Waals surface area contributed by atoms with Crippen LogP contribution in [0.15, 0.2) is 47.8 Å². The van der Waals surface area contributed by atoms with Crippen molar-refractivity contribution in [1.82, 2.24) is 9.88 Å². The minimum Gasteiger partial charge on any atom is -0.368 e. The molecular weight excluding hydrogens is 392 g/mol. The van der Waals surface area contributed by atoms with E-state index in [-0.39, 0.29) is 5.91 Å². The predicted molar refractivity (Wildman–Crippen MR) is 126 cm³/mol. The first kappa shape index (κ1) is 20.4. The number of aryl methyl sites for hydroxylation is 2. The van der Waals surface area contributed by atoms with Crippen molar-refractivity contribution in [1.29, 1.82) is 0 Å². The number of nitrogens with zero attached hydrogens (tertiary/aromatic N) is 4. The number of hydrogen-bond acceptors (Lipinski definition) is 5. The van der Waals surface area contributed by atoms with Crippen molar-refractivity contribution in [3.8, 4) is 10.6 Å². The Morgan fingerprint density at radius 2 is 1.80 bits per heavy atom. The van der Waals surface area contributed by atoms with Gasteiger partial charge in [-0.15, -0.1) is 11.3 Å². The molecule has 0 N–H and O–H groups in total. The van der Waals surface area contributed by atoms with Crippen LogP contribution in [-0.4, -0.2) is 56.1 Å². The molecule has 3 heterocycles. The van der Waals surface area contributed by atoms with E-state index in [0.717, 1.165) is 29.5 Å². The van der Waals surface area contributed by atoms with Gasteiger partial charge in [0.15, 0.2) is 0 Å². The maximum atomic E-state index is 13.3. The van der Waals surface area contributed by atoms with Crippen LogP contribution in [-0.2, 0) is 0 Å². The number of anilines is 2. The highest BCUT2D eigenvalue weighted by atomic mass is 32.1. The third-order valence-electron chi connectivity index (χ3n) is 5.56. The standard InChI is InChI=1S/C24H28N4OS/c1-17-7-10-21(18(2)16-17)27-11-13-28(14-12-27)24(29)19-8-9-20(22-6-5-15-30-22)25-23(19)26(3)4/h5-10,15-16H,11-14H2,1-4H3. The molecule has 2 aromatic heterocycles. The van der Waals surface area contributed by atoms with E-state index < -0.39 is 0 Å². The van der Waals surface area contributed by atoms with Gasteiger partial charge in [0.25, 0.3) is 5.91 Å². The summed E-state index contributed by atoms with van der Waals surface area (Å²) < 4.78 is 0. The molecule has 0 unspecified atom stereocenters. The summed E-state index contributed by atoms with van der Waals surface area (Å²) in [5.41, 5.74) is 5.41. The summed E-state index contributed by atoms with van der Waals surface area (Å²) in [6.07, 6.45) is 0. The molecule has 6 heteroatoms. The lowest BCUT2D eigenvalue weighted by Gasteiger charge is -2.37. The molecule has 3 aromatic rings. The largest absolute Gasteiger partial charge is 0.368 e. The molecule has 30 heavy (non-hydrogen) atoms. The second-order valence-corrected chi connectivity index (χ2v) is 8.96. The summed E-state index contributed by atoms with van der Waals surface area (Å²) in [4.78, 5) is 25.5. The Bertz CT molecular complexity index is 1040. The fourth-order valence-corrected chi connectivity index (χ4v) is 4.69. The Morgan fingerprint density at radius 3 is 2.43 bits per heavy atom. The highest BCUT2D eigenvalue weighted by Crippen LogP contribution is 2.28. The highest BCUT2D eigenvalue weighted by Gasteiger charge is 2.26. The first-order valence-corrected chi connectivity index (χ1v) is 11.2. The van der Waals surface area contributed by atoms with Crippen LogP contribution in [0.5, 0.6) is 0 Å². The van der Waals surface area contributed by atoms with Gasteiger partial charge in [0.1, 0.15) is 5.82 Å². The van der Waals surface area contributed by atoms with Crippen molar-refractivity contribution in [2.45, 2.75) is 13.8 Å². The first-order chi connectivity index (χ1) is 14.4. The van der Waals surface area contributed by atoms with Gasteiger partial charge >= 0.3 is 0 Å². The highest BCUT2D eigenvalue weighted by molar-refractivity contribution is 7.13. The fraction of sp³-hybridized carbons (Fsp3) is 0.333. The van der Waals surface area contributed by atoms with Crippen LogP contribution in [0.4, 0.5) is 11.5 Å². The fourth-order valence-electron chi connectivity index (χ4n) is 4.00. The predicted octanol–water partition coefficient (Wildman–Crippen LogP) is 4.46. The van der Waals surface area contributed by atoms with Crippen LogP contribution >= 0.6 is 11.3 Å². The normalized spacial score (nSPS) is 14.1. The summed E-state index contributed by atoms with van der Waals surface area (Å²) in [6.45, 7) is 7.39. The molecule has 1 amide bonds. The summed E-state index contributed by atoms with van der Waals surface area (Å²) in [7, 11) is 3.88. The van der Waals surface area contributed by atoms with Gasteiger partial charge in [-0.2, -0.15) is 0 Å². The zero-order chi connectivity index (χ0) is 21.3. The second kappa shape index (κ2) is 8.48. The molecule has 0 aliphatic carbocycles. The molecule has 0 radical (unpaired) electrons. The summed E-state index contributed by atoms with van der Waals surface area (Å²) >= 11 is 1.66. The average Bonchev–Trinajstić information content (AvgIpc) is 3.28. The van der Waals surface area contributed by atoms with Crippen molar-refractivity contribution < 1.29 is 4.79 Å². The molecule has 0 spiro atoms. The quantitative estimate of drug-likeness (QED) is 0.625. The van der Waals surface area contributed by atoms with E-state index in [2.05, 4.69) is 43.0 Å². The van der Waals surface area contributed by atoms with Gasteiger partial charge in [-0.1, -0.05) is 23.8 Å². The second-order valence-electron chi connectivity index (χ2n) is 8.01. The molecule has 0 saturated carbocycles. The van der Waals surface area contributed by atoms with Gasteiger partial charge < -0.3 is 14.7 Å². The lowest BCUT2D eigenvalue weighted by Crippen LogP contribution is -2.49. The molecule has 4 rings (SSSR count). The molecule has 0 bridgehead atoms. The van der Waals surface area contributed by atoms with Gasteiger partial charge in [0, 0.05) is 46.0 Å². The topological polar surface area (TPSA) is 39.7 Å². The molecular formula is C24H28N4OS. The maximum absolute atomic E-state index is 13.3. The molecule has 1 fully saturated rings. The van der Waals surface area contributed by atoms with E-state index in [4.69, 9.17) is 4.98 Å². The first-order valence-electron chi connectivity index (χ1n) is 10.3. The molecule has 1 saturated heterocycles. The molecule has 1 aliphatic heterocycles. The molecule has 156 valence electrons. The number of amides is 1. The third-order valence-corrected chi connectivity index (χ3v) is 6.46. The number of hydrogen-bond donors (Lipinski definition) is 0. The lowest BCUT2D eigenvalue weighted by atomic mass is 10.1. The molecule has 0 atom stereocenters. The number of pyridine rings is 1. The van der Waals surface area contributed by atoms with Gasteiger partial charge in [0.2, 0.25) is 0 Å². The van der Waals surface area contributed by atoms with E-state index in [1.165, 1.54) is 16.8 Å². The Hall–Kier alpha value is -2.86. The Labute approximate surface area is 182 Å². The zero-order valence-corrected chi connectivity index (χ0v) is 18.9. The Balaban J connectivity index is 1.51. The number of carbonyl (C=O) groups excluding carboxylic acids is 1. The molecule has 1 aromatic carbocycles. The van der Waals surface area contributed by atoms with Crippen molar-refractivity contribution in [3.05, 3.63) is 64.5 Å². The number of thiophene rings is 1. The number of benzene rings is 1. The van der Waals surface area contributed by atoms with Crippen LogP contribution in [0.25, 0.3) is 10.6 Å². The number of rotatable bonds is 4. The number of carbonyl (C=O) groups is 1. The third kappa shape index (κ3) is 4.05. The Kier molecular flexibility index (Phi) is 5.77. The molecule has 1 aliphatic rings. The van der Waals surface area contributed by atoms with Crippen molar-refractivity contribution in [3.63, 3.8) is 0 Å². The van der Waals surface area contributed by atoms with Gasteiger partial charge in [0.05, 0.1) is 16.1 Å². The van der Waals surface area contributed by atoms with Crippen molar-refractivity contribution in [2.75, 3.05) is 50.1 Å². The lowest BCUT2D eigenvalue weighted by molar-refractivity contribution is 0.0747. The Morgan fingerprint density at radius 1 is 1.03 bits per heavy atom. The van der Waals surface area contributed by atoms with E-state index >= 15 is 0 Å². The number of piperazine rings is 1. The minimum absolute atomic E-state index is 0.0595. The van der Waals surface area contributed by atoms with Crippen molar-refractivity contribution in [2.24, 2.45) is 0 Å². The van der Waals surface area contributed by atoms with Crippen LogP contribution in [0.1, 0.15) is 21.5 Å². The molecule has 5 nitrogen and oxygen atoms in total. The van der Waals surface area contributed by atoms with Gasteiger partial charge in [-0.05, 0) is 49.1 Å². The summed E-state index contributed by atoms with van der Waals surface area (Å²) in [6, 6.07) is 14.5. The zero-order valence-electron chi connectivity index (χ0n) is 18.1. The van der Waals surface area contributed by atoms with E-state index in [1.54, 1.807) is 11.3 Å². The van der Waals surface area contributed by atoms with Crippen LogP contribution in [0.2, 0.25) is 0 Å². The van der Waals surface area contributed by atoms with Gasteiger partial charge in [-0.3, -0.25) is 4.79 Å². The van der Waals surface area contributed by atoms with Crippen LogP contribution in [0.3, 0.4) is 0 Å². The van der Waals surface area contributed by atoms with E-state index in [1.807, 2.05) is 47.5 Å². The summed E-state index contributed by atoms with van der Waals surface area (Å²) in [5.74, 6) is 0.784. The smallest absolute Gasteiger partial charge is 0.257 e.